The highest BCUT2D eigenvalue weighted by atomic mass is 32.1. The number of carbonyl (C=O) groups is 1. The summed E-state index contributed by atoms with van der Waals surface area (Å²) in [6.07, 6.45) is 11.5. The van der Waals surface area contributed by atoms with Crippen molar-refractivity contribution < 1.29 is 14.3 Å². The highest BCUT2D eigenvalue weighted by Gasteiger charge is 2.41. The fraction of sp³-hybridized carbons (Fsp3) is 0.611. The molecule has 6 nitrogen and oxygen atoms in total. The van der Waals surface area contributed by atoms with Gasteiger partial charge in [0.1, 0.15) is 18.2 Å². The third-order valence-corrected chi connectivity index (χ3v) is 12.7. The van der Waals surface area contributed by atoms with Gasteiger partial charge in [-0.25, -0.2) is 9.78 Å². The summed E-state index contributed by atoms with van der Waals surface area (Å²) in [6.45, 7) is 17.1. The van der Waals surface area contributed by atoms with Crippen LogP contribution in [0.15, 0.2) is 30.5 Å². The summed E-state index contributed by atoms with van der Waals surface area (Å²) in [4.78, 5) is 22.6. The number of aryl methyl sites for hydroxylation is 1. The average molecular weight is 634 g/mol. The smallest absolute Gasteiger partial charge is 0.410 e. The standard InChI is InChI=1S/C36H51N3O3SSi/c1-25-12-13-26(28-22-36(21-27(25)28)16-8-9-17-36)31-14-15-32(43-31)30-23-37-33(39(30)24-41-19-20-44(5,6)7)29-11-10-18-38(29)34(40)42-35(2,3)4/h12-15,23,29H,8-11,16-22,24H2,1-7H3/t29-/m0/s1. The van der Waals surface area contributed by atoms with Gasteiger partial charge in [-0.05, 0) is 112 Å². The molecule has 2 aromatic heterocycles. The van der Waals surface area contributed by atoms with Crippen molar-refractivity contribution in [2.45, 2.75) is 123 Å². The minimum atomic E-state index is -1.22. The van der Waals surface area contributed by atoms with Gasteiger partial charge in [-0.1, -0.05) is 44.6 Å². The van der Waals surface area contributed by atoms with E-state index in [1.807, 2.05) is 43.2 Å². The number of hydrogen-bond acceptors (Lipinski definition) is 5. The second-order valence-corrected chi connectivity index (χ2v) is 22.4. The third kappa shape index (κ3) is 6.58. The van der Waals surface area contributed by atoms with Crippen molar-refractivity contribution in [1.29, 1.82) is 0 Å². The third-order valence-electron chi connectivity index (χ3n) is 9.84. The van der Waals surface area contributed by atoms with Crippen molar-refractivity contribution in [2.24, 2.45) is 5.41 Å². The highest BCUT2D eigenvalue weighted by molar-refractivity contribution is 7.18. The first-order valence-electron chi connectivity index (χ1n) is 16.7. The van der Waals surface area contributed by atoms with Gasteiger partial charge in [0.2, 0.25) is 0 Å². The van der Waals surface area contributed by atoms with Gasteiger partial charge in [0.25, 0.3) is 0 Å². The molecule has 3 heterocycles. The molecule has 0 bridgehead atoms. The predicted molar refractivity (Wildman–Crippen MR) is 183 cm³/mol. The quantitative estimate of drug-likeness (QED) is 0.183. The van der Waals surface area contributed by atoms with E-state index in [0.717, 1.165) is 37.0 Å². The van der Waals surface area contributed by atoms with Crippen molar-refractivity contribution in [1.82, 2.24) is 14.5 Å². The number of ether oxygens (including phenoxy) is 2. The van der Waals surface area contributed by atoms with E-state index >= 15 is 0 Å². The number of carbonyl (C=O) groups excluding carboxylic acids is 1. The number of likely N-dealkylation sites (tertiary alicyclic amines) is 1. The molecule has 1 spiro atoms. The first-order valence-corrected chi connectivity index (χ1v) is 21.2. The summed E-state index contributed by atoms with van der Waals surface area (Å²) in [5, 5.41) is 0. The molecule has 44 heavy (non-hydrogen) atoms. The SMILES string of the molecule is Cc1ccc(-c2ccc(-c3cnc([C@@H]4CCCN4C(=O)OC(C)(C)C)n3COCC[Si](C)(C)C)s2)c2c1CC1(CCCC1)C2. The maximum atomic E-state index is 13.2. The van der Waals surface area contributed by atoms with Crippen LogP contribution in [0.1, 0.15) is 87.9 Å². The van der Waals surface area contributed by atoms with Crippen LogP contribution in [0.3, 0.4) is 0 Å². The van der Waals surface area contributed by atoms with E-state index in [2.05, 4.69) is 55.4 Å². The number of aromatic nitrogens is 2. The zero-order valence-electron chi connectivity index (χ0n) is 27.9. The van der Waals surface area contributed by atoms with Crippen molar-refractivity contribution in [3.63, 3.8) is 0 Å². The predicted octanol–water partition coefficient (Wildman–Crippen LogP) is 9.63. The molecular formula is C36H51N3O3SSi. The summed E-state index contributed by atoms with van der Waals surface area (Å²) in [6, 6.07) is 10.2. The second-order valence-electron chi connectivity index (χ2n) is 15.7. The molecule has 1 atom stereocenters. The normalized spacial score (nSPS) is 19.7. The molecule has 0 radical (unpaired) electrons. The van der Waals surface area contributed by atoms with Gasteiger partial charge in [-0.15, -0.1) is 11.3 Å². The maximum Gasteiger partial charge on any atom is 0.410 e. The number of fused-ring (bicyclic) bond motifs is 1. The summed E-state index contributed by atoms with van der Waals surface area (Å²) >= 11 is 1.86. The maximum absolute atomic E-state index is 13.2. The van der Waals surface area contributed by atoms with Crippen molar-refractivity contribution >= 4 is 25.5 Å². The largest absolute Gasteiger partial charge is 0.444 e. The van der Waals surface area contributed by atoms with Gasteiger partial charge in [0.15, 0.2) is 0 Å². The lowest BCUT2D eigenvalue weighted by Crippen LogP contribution is -2.37. The Kier molecular flexibility index (Phi) is 8.65. The van der Waals surface area contributed by atoms with Crippen LogP contribution in [-0.4, -0.2) is 47.4 Å². The second kappa shape index (κ2) is 12.1. The number of hydrogen-bond donors (Lipinski definition) is 0. The van der Waals surface area contributed by atoms with E-state index in [9.17, 15) is 4.79 Å². The van der Waals surface area contributed by atoms with E-state index in [0.29, 0.717) is 18.7 Å². The van der Waals surface area contributed by atoms with Gasteiger partial charge in [-0.2, -0.15) is 0 Å². The van der Waals surface area contributed by atoms with Crippen LogP contribution in [-0.2, 0) is 29.0 Å². The molecule has 238 valence electrons. The zero-order valence-corrected chi connectivity index (χ0v) is 29.7. The average Bonchev–Trinajstić information content (AvgIpc) is 3.76. The van der Waals surface area contributed by atoms with Crippen LogP contribution in [0, 0.1) is 12.3 Å². The number of imidazole rings is 1. The Labute approximate surface area is 269 Å². The number of rotatable bonds is 8. The van der Waals surface area contributed by atoms with Crippen LogP contribution in [0.2, 0.25) is 25.7 Å². The zero-order chi connectivity index (χ0) is 31.3. The highest BCUT2D eigenvalue weighted by Crippen LogP contribution is 2.52. The molecule has 2 aliphatic carbocycles. The van der Waals surface area contributed by atoms with Gasteiger partial charge >= 0.3 is 6.09 Å². The van der Waals surface area contributed by atoms with Crippen molar-refractivity contribution in [3.8, 4) is 21.0 Å². The number of benzene rings is 1. The van der Waals surface area contributed by atoms with Crippen LogP contribution in [0.25, 0.3) is 21.0 Å². The molecule has 3 aromatic rings. The molecule has 8 heteroatoms. The van der Waals surface area contributed by atoms with Gasteiger partial charge in [0.05, 0.1) is 22.8 Å². The fourth-order valence-electron chi connectivity index (χ4n) is 7.50. The molecule has 0 N–H and O–H groups in total. The first-order chi connectivity index (χ1) is 20.8. The molecule has 1 aliphatic heterocycles. The van der Waals surface area contributed by atoms with Crippen LogP contribution < -0.4 is 0 Å². The van der Waals surface area contributed by atoms with E-state index in [1.165, 1.54) is 59.4 Å². The van der Waals surface area contributed by atoms with Crippen molar-refractivity contribution in [2.75, 3.05) is 13.2 Å². The summed E-state index contributed by atoms with van der Waals surface area (Å²) in [7, 11) is -1.22. The first kappa shape index (κ1) is 31.6. The Balaban J connectivity index is 1.31. The molecule has 6 rings (SSSR count). The molecular weight excluding hydrogens is 583 g/mol. The minimum absolute atomic E-state index is 0.124. The fourth-order valence-corrected chi connectivity index (χ4v) is 9.33. The number of amides is 1. The van der Waals surface area contributed by atoms with E-state index in [1.54, 1.807) is 11.1 Å². The molecule has 0 unspecified atom stereocenters. The molecule has 1 saturated carbocycles. The van der Waals surface area contributed by atoms with Crippen LogP contribution >= 0.6 is 11.3 Å². The molecule has 1 aromatic carbocycles. The van der Waals surface area contributed by atoms with E-state index in [-0.39, 0.29) is 12.1 Å². The van der Waals surface area contributed by atoms with Gasteiger partial charge < -0.3 is 14.0 Å². The lowest BCUT2D eigenvalue weighted by Gasteiger charge is -2.29. The van der Waals surface area contributed by atoms with Gasteiger partial charge in [-0.3, -0.25) is 4.90 Å². The molecule has 1 saturated heterocycles. The topological polar surface area (TPSA) is 56.6 Å². The molecule has 2 fully saturated rings. The van der Waals surface area contributed by atoms with Crippen molar-refractivity contribution in [3.05, 3.63) is 53.0 Å². The monoisotopic (exact) mass is 633 g/mol. The Hall–Kier alpha value is -2.42. The summed E-state index contributed by atoms with van der Waals surface area (Å²) < 4.78 is 14.4. The minimum Gasteiger partial charge on any atom is -0.444 e. The Morgan fingerprint density at radius 3 is 2.50 bits per heavy atom. The van der Waals surface area contributed by atoms with E-state index in [4.69, 9.17) is 14.5 Å². The van der Waals surface area contributed by atoms with E-state index < -0.39 is 13.7 Å². The molecule has 1 amide bonds. The van der Waals surface area contributed by atoms with Crippen LogP contribution in [0.5, 0.6) is 0 Å². The Bertz CT molecular complexity index is 1510. The number of thiophene rings is 1. The Morgan fingerprint density at radius 2 is 1.77 bits per heavy atom. The molecule has 3 aliphatic rings. The van der Waals surface area contributed by atoms with Crippen LogP contribution in [0.4, 0.5) is 4.79 Å². The lowest BCUT2D eigenvalue weighted by molar-refractivity contribution is 0.0204. The van der Waals surface area contributed by atoms with Gasteiger partial charge in [0, 0.05) is 26.1 Å². The summed E-state index contributed by atoms with van der Waals surface area (Å²) in [5.41, 5.74) is 7.08. The summed E-state index contributed by atoms with van der Waals surface area (Å²) in [5.74, 6) is 0.894. The Morgan fingerprint density at radius 1 is 1.05 bits per heavy atom. The lowest BCUT2D eigenvalue weighted by atomic mass is 9.83. The number of nitrogens with zero attached hydrogens (tertiary/aromatic N) is 3.